The van der Waals surface area contributed by atoms with Crippen LogP contribution in [0.2, 0.25) is 0 Å². The molecule has 1 aromatic rings. The molecule has 0 N–H and O–H groups in total. The lowest BCUT2D eigenvalue weighted by Gasteiger charge is -2.15. The van der Waals surface area contributed by atoms with E-state index >= 15 is 0 Å². The summed E-state index contributed by atoms with van der Waals surface area (Å²) >= 11 is 0. The molecule has 17 heavy (non-hydrogen) atoms. The molecule has 0 saturated carbocycles. The summed E-state index contributed by atoms with van der Waals surface area (Å²) in [6, 6.07) is 5.39. The van der Waals surface area contributed by atoms with Crippen LogP contribution in [0.4, 0.5) is 0 Å². The Morgan fingerprint density at radius 2 is 1.76 bits per heavy atom. The molecule has 1 rings (SSSR count). The second-order valence-electron chi connectivity index (χ2n) is 4.09. The number of hydrogen-bond donors (Lipinski definition) is 0. The lowest BCUT2D eigenvalue weighted by Crippen LogP contribution is -2.13. The Bertz CT molecular complexity index is 363. The Hall–Kier alpha value is -1.51. The molecular formula is C14H20O3. The Kier molecular flexibility index (Phi) is 5.01. The maximum absolute atomic E-state index is 12.3. The van der Waals surface area contributed by atoms with Gasteiger partial charge in [0.2, 0.25) is 0 Å². The average molecular weight is 236 g/mol. The highest BCUT2D eigenvalue weighted by molar-refractivity contribution is 6.02. The predicted molar refractivity (Wildman–Crippen MR) is 67.9 cm³/mol. The Morgan fingerprint density at radius 1 is 1.24 bits per heavy atom. The van der Waals surface area contributed by atoms with Crippen LogP contribution in [-0.2, 0) is 0 Å². The van der Waals surface area contributed by atoms with Crippen molar-refractivity contribution in [3.63, 3.8) is 0 Å². The zero-order valence-corrected chi connectivity index (χ0v) is 10.9. The van der Waals surface area contributed by atoms with Gasteiger partial charge in [-0.15, -0.1) is 0 Å². The lowest BCUT2D eigenvalue weighted by atomic mass is 9.94. The Morgan fingerprint density at radius 3 is 2.18 bits per heavy atom. The van der Waals surface area contributed by atoms with Crippen molar-refractivity contribution in [3.8, 4) is 11.5 Å². The number of Topliss-reactive ketones (excluding diaryl/α,β-unsaturated/α-hetero) is 1. The van der Waals surface area contributed by atoms with Crippen LogP contribution in [-0.4, -0.2) is 20.0 Å². The molecule has 94 valence electrons. The van der Waals surface area contributed by atoms with Crippen molar-refractivity contribution in [3.05, 3.63) is 23.8 Å². The van der Waals surface area contributed by atoms with Gasteiger partial charge in [0.05, 0.1) is 14.2 Å². The van der Waals surface area contributed by atoms with Gasteiger partial charge in [-0.25, -0.2) is 0 Å². The van der Waals surface area contributed by atoms with E-state index in [0.29, 0.717) is 17.1 Å². The van der Waals surface area contributed by atoms with Crippen molar-refractivity contribution < 1.29 is 14.3 Å². The van der Waals surface area contributed by atoms with Crippen molar-refractivity contribution in [1.82, 2.24) is 0 Å². The molecule has 0 aliphatic carbocycles. The summed E-state index contributed by atoms with van der Waals surface area (Å²) in [4.78, 5) is 12.3. The molecule has 0 aromatic heterocycles. The SMILES string of the molecule is CCCC(C)C(=O)c1c(OC)cccc1OC. The van der Waals surface area contributed by atoms with Gasteiger partial charge in [0.25, 0.3) is 0 Å². The standard InChI is InChI=1S/C14H20O3/c1-5-7-10(2)14(15)13-11(16-3)8-6-9-12(13)17-4/h6,8-10H,5,7H2,1-4H3. The Balaban J connectivity index is 3.13. The van der Waals surface area contributed by atoms with Crippen molar-refractivity contribution in [1.29, 1.82) is 0 Å². The van der Waals surface area contributed by atoms with Gasteiger partial charge < -0.3 is 9.47 Å². The molecule has 3 nitrogen and oxygen atoms in total. The number of rotatable bonds is 6. The highest BCUT2D eigenvalue weighted by Gasteiger charge is 2.22. The number of carbonyl (C=O) groups excluding carboxylic acids is 1. The van der Waals surface area contributed by atoms with Gasteiger partial charge in [-0.1, -0.05) is 26.3 Å². The molecule has 3 heteroatoms. The lowest BCUT2D eigenvalue weighted by molar-refractivity contribution is 0.0917. The first-order chi connectivity index (χ1) is 8.15. The largest absolute Gasteiger partial charge is 0.496 e. The minimum Gasteiger partial charge on any atom is -0.496 e. The number of hydrogen-bond acceptors (Lipinski definition) is 3. The third-order valence-electron chi connectivity index (χ3n) is 2.84. The normalized spacial score (nSPS) is 12.0. The second kappa shape index (κ2) is 6.28. The molecule has 1 atom stereocenters. The molecule has 0 fully saturated rings. The van der Waals surface area contributed by atoms with E-state index in [9.17, 15) is 4.79 Å². The molecule has 0 spiro atoms. The molecule has 0 amide bonds. The van der Waals surface area contributed by atoms with Crippen LogP contribution in [0.25, 0.3) is 0 Å². The van der Waals surface area contributed by atoms with Crippen molar-refractivity contribution in [2.24, 2.45) is 5.92 Å². The zero-order chi connectivity index (χ0) is 12.8. The molecule has 0 saturated heterocycles. The molecule has 1 aromatic carbocycles. The predicted octanol–water partition coefficient (Wildman–Crippen LogP) is 3.32. The minimum atomic E-state index is -0.00907. The Labute approximate surface area is 103 Å². The number of methoxy groups -OCH3 is 2. The molecule has 0 aliphatic rings. The fraction of sp³-hybridized carbons (Fsp3) is 0.500. The topological polar surface area (TPSA) is 35.5 Å². The number of ketones is 1. The molecular weight excluding hydrogens is 216 g/mol. The molecule has 1 unspecified atom stereocenters. The summed E-state index contributed by atoms with van der Waals surface area (Å²) in [6.07, 6.45) is 1.87. The average Bonchev–Trinajstić information content (AvgIpc) is 2.37. The summed E-state index contributed by atoms with van der Waals surface area (Å²) < 4.78 is 10.5. The molecule has 0 aliphatic heterocycles. The number of carbonyl (C=O) groups is 1. The summed E-state index contributed by atoms with van der Waals surface area (Å²) in [5.74, 6) is 1.24. The van der Waals surface area contributed by atoms with Crippen LogP contribution in [0.1, 0.15) is 37.0 Å². The monoisotopic (exact) mass is 236 g/mol. The van der Waals surface area contributed by atoms with E-state index in [1.165, 1.54) is 0 Å². The van der Waals surface area contributed by atoms with E-state index in [1.54, 1.807) is 26.4 Å². The second-order valence-corrected chi connectivity index (χ2v) is 4.09. The van der Waals surface area contributed by atoms with E-state index < -0.39 is 0 Å². The van der Waals surface area contributed by atoms with Crippen molar-refractivity contribution in [2.75, 3.05) is 14.2 Å². The summed E-state index contributed by atoms with van der Waals surface area (Å²) in [5.41, 5.74) is 0.554. The zero-order valence-electron chi connectivity index (χ0n) is 10.9. The molecule has 0 bridgehead atoms. The third-order valence-corrected chi connectivity index (χ3v) is 2.84. The van der Waals surface area contributed by atoms with E-state index in [0.717, 1.165) is 12.8 Å². The summed E-state index contributed by atoms with van der Waals surface area (Å²) in [7, 11) is 3.13. The van der Waals surface area contributed by atoms with Crippen LogP contribution >= 0.6 is 0 Å². The van der Waals surface area contributed by atoms with Gasteiger partial charge in [0.1, 0.15) is 17.1 Å². The van der Waals surface area contributed by atoms with E-state index in [4.69, 9.17) is 9.47 Å². The first-order valence-corrected chi connectivity index (χ1v) is 5.90. The maximum atomic E-state index is 12.3. The van der Waals surface area contributed by atoms with E-state index in [-0.39, 0.29) is 11.7 Å². The quantitative estimate of drug-likeness (QED) is 0.711. The smallest absolute Gasteiger partial charge is 0.173 e. The van der Waals surface area contributed by atoms with Gasteiger partial charge in [-0.3, -0.25) is 4.79 Å². The van der Waals surface area contributed by atoms with Gasteiger partial charge in [-0.2, -0.15) is 0 Å². The fourth-order valence-corrected chi connectivity index (χ4v) is 1.90. The highest BCUT2D eigenvalue weighted by Crippen LogP contribution is 2.31. The van der Waals surface area contributed by atoms with Gasteiger partial charge in [0.15, 0.2) is 5.78 Å². The first-order valence-electron chi connectivity index (χ1n) is 5.90. The van der Waals surface area contributed by atoms with Crippen LogP contribution in [0, 0.1) is 5.92 Å². The van der Waals surface area contributed by atoms with Crippen LogP contribution < -0.4 is 9.47 Å². The van der Waals surface area contributed by atoms with Crippen molar-refractivity contribution in [2.45, 2.75) is 26.7 Å². The van der Waals surface area contributed by atoms with Crippen LogP contribution in [0.3, 0.4) is 0 Å². The van der Waals surface area contributed by atoms with E-state index in [1.807, 2.05) is 13.0 Å². The third kappa shape index (κ3) is 2.99. The van der Waals surface area contributed by atoms with Crippen LogP contribution in [0.15, 0.2) is 18.2 Å². The van der Waals surface area contributed by atoms with Gasteiger partial charge in [0, 0.05) is 5.92 Å². The molecule has 0 radical (unpaired) electrons. The fourth-order valence-electron chi connectivity index (χ4n) is 1.90. The van der Waals surface area contributed by atoms with Gasteiger partial charge in [-0.05, 0) is 18.6 Å². The molecule has 0 heterocycles. The number of benzene rings is 1. The van der Waals surface area contributed by atoms with Crippen molar-refractivity contribution >= 4 is 5.78 Å². The van der Waals surface area contributed by atoms with Crippen LogP contribution in [0.5, 0.6) is 11.5 Å². The maximum Gasteiger partial charge on any atom is 0.173 e. The number of ether oxygens (including phenoxy) is 2. The van der Waals surface area contributed by atoms with E-state index in [2.05, 4.69) is 6.92 Å². The minimum absolute atomic E-state index is 0.00907. The summed E-state index contributed by atoms with van der Waals surface area (Å²) in [5, 5.41) is 0. The first kappa shape index (κ1) is 13.6. The highest BCUT2D eigenvalue weighted by atomic mass is 16.5. The van der Waals surface area contributed by atoms with Gasteiger partial charge >= 0.3 is 0 Å². The summed E-state index contributed by atoms with van der Waals surface area (Å²) in [6.45, 7) is 4.01.